The largest absolute Gasteiger partial charge is 0.417 e. The van der Waals surface area contributed by atoms with Crippen molar-refractivity contribution >= 4 is 20.1 Å². The molecule has 6 heteroatoms. The number of imide groups is 1. The second-order valence-corrected chi connectivity index (χ2v) is 15.6. The van der Waals surface area contributed by atoms with Gasteiger partial charge in [0, 0.05) is 13.7 Å². The number of carbonyl (C=O) groups is 2. The van der Waals surface area contributed by atoms with Gasteiger partial charge >= 0.3 is 0 Å². The van der Waals surface area contributed by atoms with Gasteiger partial charge in [0.1, 0.15) is 6.23 Å². The summed E-state index contributed by atoms with van der Waals surface area (Å²) < 4.78 is 11.8. The zero-order valence-corrected chi connectivity index (χ0v) is 22.7. The fourth-order valence-electron chi connectivity index (χ4n) is 4.02. The zero-order chi connectivity index (χ0) is 24.5. The first kappa shape index (κ1) is 27.7. The molecule has 1 heterocycles. The monoisotopic (exact) mass is 475 g/mol. The van der Waals surface area contributed by atoms with Gasteiger partial charge in [-0.05, 0) is 49.5 Å². The Kier molecular flexibility index (Phi) is 10.8. The summed E-state index contributed by atoms with van der Waals surface area (Å²) in [5, 5.41) is 0.292. The van der Waals surface area contributed by atoms with Crippen molar-refractivity contribution in [3.63, 3.8) is 0 Å². The Morgan fingerprint density at radius 1 is 0.818 bits per heavy atom. The standard InChI is InChI=1S/C27H45NO4Si/c1-27(2,3)33(5,6)32-21-17-13-11-9-7-8-10-12-14-20-24(31-4)28-25(29)22-18-15-16-19-23(22)26(28)30/h15-16,18-19,24H,7-14,17,20-21H2,1-6H3. The van der Waals surface area contributed by atoms with Crippen LogP contribution in [0.5, 0.6) is 0 Å². The molecule has 0 fully saturated rings. The summed E-state index contributed by atoms with van der Waals surface area (Å²) in [6.45, 7) is 12.4. The SMILES string of the molecule is COC(CCCCCCCCCCCO[Si](C)(C)C(C)(C)C)N1C(=O)c2ccccc2C1=O. The maximum Gasteiger partial charge on any atom is 0.263 e. The molecular weight excluding hydrogens is 430 g/mol. The van der Waals surface area contributed by atoms with Crippen LogP contribution in [0.2, 0.25) is 18.1 Å². The van der Waals surface area contributed by atoms with Crippen LogP contribution in [0.4, 0.5) is 0 Å². The average Bonchev–Trinajstić information content (AvgIpc) is 3.01. The van der Waals surface area contributed by atoms with Crippen LogP contribution >= 0.6 is 0 Å². The van der Waals surface area contributed by atoms with Crippen molar-refractivity contribution < 1.29 is 18.8 Å². The second-order valence-electron chi connectivity index (χ2n) is 10.8. The molecular formula is C27H45NO4Si. The molecule has 0 spiro atoms. The molecule has 1 aliphatic heterocycles. The Labute approximate surface area is 202 Å². The number of hydrogen-bond donors (Lipinski definition) is 0. The van der Waals surface area contributed by atoms with E-state index in [0.717, 1.165) is 19.4 Å². The first-order valence-electron chi connectivity index (χ1n) is 12.7. The normalized spacial score (nSPS) is 15.3. The zero-order valence-electron chi connectivity index (χ0n) is 21.7. The summed E-state index contributed by atoms with van der Waals surface area (Å²) in [4.78, 5) is 26.5. The van der Waals surface area contributed by atoms with Crippen molar-refractivity contribution in [2.45, 2.75) is 109 Å². The Morgan fingerprint density at radius 2 is 1.27 bits per heavy atom. The number of ether oxygens (including phenoxy) is 1. The van der Waals surface area contributed by atoms with Gasteiger partial charge in [-0.25, -0.2) is 4.90 Å². The number of benzene rings is 1. The lowest BCUT2D eigenvalue weighted by Gasteiger charge is -2.36. The number of methoxy groups -OCH3 is 1. The molecule has 2 rings (SSSR count). The summed E-state index contributed by atoms with van der Waals surface area (Å²) in [5.74, 6) is -0.477. The smallest absolute Gasteiger partial charge is 0.263 e. The highest BCUT2D eigenvalue weighted by Gasteiger charge is 2.39. The van der Waals surface area contributed by atoms with Gasteiger partial charge in [-0.1, -0.05) is 77.8 Å². The molecule has 0 bridgehead atoms. The third-order valence-corrected chi connectivity index (χ3v) is 11.8. The van der Waals surface area contributed by atoms with Gasteiger partial charge in [-0.15, -0.1) is 0 Å². The lowest BCUT2D eigenvalue weighted by atomic mass is 10.1. The molecule has 0 saturated heterocycles. The van der Waals surface area contributed by atoms with E-state index in [2.05, 4.69) is 33.9 Å². The molecule has 1 aromatic carbocycles. The summed E-state index contributed by atoms with van der Waals surface area (Å²) in [5.41, 5.74) is 0.965. The van der Waals surface area contributed by atoms with Gasteiger partial charge in [-0.2, -0.15) is 0 Å². The third kappa shape index (κ3) is 7.76. The summed E-state index contributed by atoms with van der Waals surface area (Å²) in [7, 11) is -0.0172. The summed E-state index contributed by atoms with van der Waals surface area (Å²) in [6, 6.07) is 7.00. The fourth-order valence-corrected chi connectivity index (χ4v) is 5.11. The molecule has 5 nitrogen and oxygen atoms in total. The van der Waals surface area contributed by atoms with Crippen molar-refractivity contribution in [3.05, 3.63) is 35.4 Å². The molecule has 33 heavy (non-hydrogen) atoms. The van der Waals surface area contributed by atoms with Crippen molar-refractivity contribution in [2.75, 3.05) is 13.7 Å². The van der Waals surface area contributed by atoms with Crippen molar-refractivity contribution in [1.29, 1.82) is 0 Å². The van der Waals surface area contributed by atoms with Gasteiger partial charge in [0.25, 0.3) is 11.8 Å². The van der Waals surface area contributed by atoms with Gasteiger partial charge in [0.2, 0.25) is 0 Å². The molecule has 0 radical (unpaired) electrons. The molecule has 0 N–H and O–H groups in total. The Morgan fingerprint density at radius 3 is 1.73 bits per heavy atom. The number of amides is 2. The van der Waals surface area contributed by atoms with Crippen LogP contribution in [-0.4, -0.2) is 45.0 Å². The van der Waals surface area contributed by atoms with Crippen LogP contribution < -0.4 is 0 Å². The first-order valence-corrected chi connectivity index (χ1v) is 15.6. The van der Waals surface area contributed by atoms with Gasteiger partial charge in [-0.3, -0.25) is 9.59 Å². The number of carbonyl (C=O) groups excluding carboxylic acids is 2. The van der Waals surface area contributed by atoms with Crippen LogP contribution in [0.15, 0.2) is 24.3 Å². The number of fused-ring (bicyclic) bond motifs is 1. The minimum absolute atomic E-state index is 0.239. The first-order chi connectivity index (χ1) is 15.6. The number of unbranched alkanes of at least 4 members (excludes halogenated alkanes) is 8. The van der Waals surface area contributed by atoms with Crippen LogP contribution in [-0.2, 0) is 9.16 Å². The Hall–Kier alpha value is -1.50. The highest BCUT2D eigenvalue weighted by atomic mass is 28.4. The maximum atomic E-state index is 12.6. The van der Waals surface area contributed by atoms with E-state index in [1.165, 1.54) is 49.8 Å². The quantitative estimate of drug-likeness (QED) is 0.153. The van der Waals surface area contributed by atoms with Crippen molar-refractivity contribution in [2.24, 2.45) is 0 Å². The Balaban J connectivity index is 1.52. The highest BCUT2D eigenvalue weighted by molar-refractivity contribution is 6.74. The molecule has 1 atom stereocenters. The van der Waals surface area contributed by atoms with E-state index in [1.54, 1.807) is 31.4 Å². The van der Waals surface area contributed by atoms with Gasteiger partial charge in [0.05, 0.1) is 11.1 Å². The molecule has 1 unspecified atom stereocenters. The lowest BCUT2D eigenvalue weighted by molar-refractivity contribution is -0.0147. The van der Waals surface area contributed by atoms with Crippen LogP contribution in [0.3, 0.4) is 0 Å². The van der Waals surface area contributed by atoms with Gasteiger partial charge < -0.3 is 9.16 Å². The molecule has 0 aliphatic carbocycles. The predicted molar refractivity (Wildman–Crippen MR) is 137 cm³/mol. The number of rotatable bonds is 15. The topological polar surface area (TPSA) is 55.8 Å². The van der Waals surface area contributed by atoms with Crippen LogP contribution in [0.1, 0.15) is 106 Å². The van der Waals surface area contributed by atoms with Crippen molar-refractivity contribution in [3.8, 4) is 0 Å². The minimum Gasteiger partial charge on any atom is -0.417 e. The van der Waals surface area contributed by atoms with E-state index in [0.29, 0.717) is 22.6 Å². The van der Waals surface area contributed by atoms with Crippen LogP contribution in [0.25, 0.3) is 0 Å². The number of nitrogens with zero attached hydrogens (tertiary/aromatic N) is 1. The second kappa shape index (κ2) is 12.8. The van der Waals surface area contributed by atoms with E-state index < -0.39 is 14.5 Å². The molecule has 1 aliphatic rings. The molecule has 0 aromatic heterocycles. The van der Waals surface area contributed by atoms with E-state index in [-0.39, 0.29) is 11.8 Å². The molecule has 0 saturated carbocycles. The van der Waals surface area contributed by atoms with E-state index in [9.17, 15) is 9.59 Å². The van der Waals surface area contributed by atoms with Crippen molar-refractivity contribution in [1.82, 2.24) is 4.90 Å². The molecule has 186 valence electrons. The highest BCUT2D eigenvalue weighted by Crippen LogP contribution is 2.36. The number of hydrogen-bond acceptors (Lipinski definition) is 4. The summed E-state index contributed by atoms with van der Waals surface area (Å²) in [6.07, 6.45) is 11.0. The third-order valence-electron chi connectivity index (χ3n) is 7.25. The Bertz CT molecular complexity index is 737. The van der Waals surface area contributed by atoms with E-state index in [1.807, 2.05) is 0 Å². The fraction of sp³-hybridized carbons (Fsp3) is 0.704. The molecule has 1 aromatic rings. The van der Waals surface area contributed by atoms with Gasteiger partial charge in [0.15, 0.2) is 8.32 Å². The maximum absolute atomic E-state index is 12.6. The molecule has 2 amide bonds. The average molecular weight is 476 g/mol. The minimum atomic E-state index is -1.59. The summed E-state index contributed by atoms with van der Waals surface area (Å²) >= 11 is 0. The van der Waals surface area contributed by atoms with E-state index in [4.69, 9.17) is 9.16 Å². The predicted octanol–water partition coefficient (Wildman–Crippen LogP) is 7.18. The van der Waals surface area contributed by atoms with E-state index >= 15 is 0 Å². The van der Waals surface area contributed by atoms with Crippen LogP contribution in [0, 0.1) is 0 Å². The lowest BCUT2D eigenvalue weighted by Crippen LogP contribution is -2.41.